The maximum atomic E-state index is 12.8. The van der Waals surface area contributed by atoms with Gasteiger partial charge >= 0.3 is 6.18 Å². The molecule has 0 radical (unpaired) electrons. The van der Waals surface area contributed by atoms with Crippen molar-refractivity contribution in [1.29, 1.82) is 0 Å². The van der Waals surface area contributed by atoms with Gasteiger partial charge < -0.3 is 5.32 Å². The third kappa shape index (κ3) is 4.28. The summed E-state index contributed by atoms with van der Waals surface area (Å²) in [6.07, 6.45) is 0.398. The Balaban J connectivity index is 1.52. The predicted octanol–water partition coefficient (Wildman–Crippen LogP) is 2.88. The molecule has 1 amide bonds. The molecular weight excluding hydrogens is 397 g/mol. The predicted molar refractivity (Wildman–Crippen MR) is 104 cm³/mol. The number of hydrogen-bond acceptors (Lipinski definition) is 5. The van der Waals surface area contributed by atoms with Gasteiger partial charge in [-0.05, 0) is 38.4 Å². The van der Waals surface area contributed by atoms with Crippen LogP contribution in [0.25, 0.3) is 16.5 Å². The fourth-order valence-electron chi connectivity index (χ4n) is 3.88. The average molecular weight is 418 g/mol. The first-order valence-electron chi connectivity index (χ1n) is 9.67. The lowest BCUT2D eigenvalue weighted by Crippen LogP contribution is -2.50. The zero-order chi connectivity index (χ0) is 21.3. The van der Waals surface area contributed by atoms with Crippen molar-refractivity contribution in [2.24, 2.45) is 0 Å². The smallest absolute Gasteiger partial charge is 0.347 e. The molecule has 1 atom stereocenters. The molecule has 1 aliphatic rings. The number of aromatic nitrogens is 4. The van der Waals surface area contributed by atoms with E-state index >= 15 is 0 Å². The molecule has 3 aromatic rings. The Morgan fingerprint density at radius 1 is 1.30 bits per heavy atom. The summed E-state index contributed by atoms with van der Waals surface area (Å²) in [6.45, 7) is 1.31. The van der Waals surface area contributed by atoms with E-state index in [-0.39, 0.29) is 18.3 Å². The molecule has 4 rings (SSSR count). The van der Waals surface area contributed by atoms with E-state index in [1.165, 1.54) is 4.90 Å². The van der Waals surface area contributed by atoms with E-state index < -0.39 is 18.6 Å². The lowest BCUT2D eigenvalue weighted by atomic mass is 10.1. The van der Waals surface area contributed by atoms with E-state index in [2.05, 4.69) is 20.6 Å². The molecule has 158 valence electrons. The summed E-state index contributed by atoms with van der Waals surface area (Å²) >= 11 is 0. The van der Waals surface area contributed by atoms with Gasteiger partial charge in [-0.2, -0.15) is 13.2 Å². The summed E-state index contributed by atoms with van der Waals surface area (Å²) in [7, 11) is 0. The Bertz CT molecular complexity index is 1060. The first kappa shape index (κ1) is 20.3. The third-order valence-electron chi connectivity index (χ3n) is 5.24. The Morgan fingerprint density at radius 3 is 2.93 bits per heavy atom. The minimum Gasteiger partial charge on any atom is -0.347 e. The van der Waals surface area contributed by atoms with Crippen molar-refractivity contribution in [2.75, 3.05) is 19.6 Å². The lowest BCUT2D eigenvalue weighted by molar-refractivity contribution is -0.148. The van der Waals surface area contributed by atoms with Gasteiger partial charge in [-0.25, -0.2) is 4.68 Å². The molecule has 7 nitrogen and oxygen atoms in total. The number of fused-ring (bicyclic) bond motifs is 1. The van der Waals surface area contributed by atoms with Crippen molar-refractivity contribution < 1.29 is 18.0 Å². The van der Waals surface area contributed by atoms with Crippen LogP contribution in [0, 0.1) is 6.92 Å². The maximum Gasteiger partial charge on any atom is 0.401 e. The van der Waals surface area contributed by atoms with Gasteiger partial charge in [-0.3, -0.25) is 14.7 Å². The molecule has 1 N–H and O–H groups in total. The highest BCUT2D eigenvalue weighted by Crippen LogP contribution is 2.23. The second kappa shape index (κ2) is 8.02. The number of nitrogens with one attached hydrogen (secondary N) is 1. The van der Waals surface area contributed by atoms with Crippen molar-refractivity contribution in [1.82, 2.24) is 30.2 Å². The molecule has 3 heterocycles. The second-order valence-electron chi connectivity index (χ2n) is 7.47. The number of nitrogens with zero attached hydrogens (tertiary/aromatic N) is 5. The van der Waals surface area contributed by atoms with Crippen LogP contribution in [-0.4, -0.2) is 62.6 Å². The Hall–Kier alpha value is -3.01. The number of piperidine rings is 1. The zero-order valence-electron chi connectivity index (χ0n) is 16.4. The number of carbonyl (C=O) groups excluding carboxylic acids is 1. The van der Waals surface area contributed by atoms with Crippen LogP contribution >= 0.6 is 0 Å². The standard InChI is InChI=1S/C20H21F3N6O/c1-13-18(19(30)25-15-5-3-9-28(11-15)12-20(21,22)23)26-27-29(13)17-6-2-4-14-10-24-8-7-16(14)17/h2,4,6-8,10,15H,3,5,9,11-12H2,1H3,(H,25,30)/t15-/m1/s1. The number of rotatable bonds is 4. The second-order valence-corrected chi connectivity index (χ2v) is 7.47. The molecule has 2 aromatic heterocycles. The van der Waals surface area contributed by atoms with E-state index in [1.807, 2.05) is 24.3 Å². The number of amides is 1. The van der Waals surface area contributed by atoms with Crippen LogP contribution in [0.4, 0.5) is 13.2 Å². The van der Waals surface area contributed by atoms with Gasteiger partial charge in [0.25, 0.3) is 5.91 Å². The molecule has 1 saturated heterocycles. The Morgan fingerprint density at radius 2 is 2.13 bits per heavy atom. The van der Waals surface area contributed by atoms with E-state index in [0.717, 1.165) is 16.5 Å². The monoisotopic (exact) mass is 418 g/mol. The number of halogens is 3. The molecule has 0 spiro atoms. The molecular formula is C20H21F3N6O. The van der Waals surface area contributed by atoms with Crippen LogP contribution in [0.3, 0.4) is 0 Å². The molecule has 0 bridgehead atoms. The highest BCUT2D eigenvalue weighted by Gasteiger charge is 2.33. The molecule has 30 heavy (non-hydrogen) atoms. The number of hydrogen-bond donors (Lipinski definition) is 1. The van der Waals surface area contributed by atoms with Crippen LogP contribution in [0.15, 0.2) is 36.7 Å². The zero-order valence-corrected chi connectivity index (χ0v) is 16.4. The van der Waals surface area contributed by atoms with Gasteiger partial charge in [0.1, 0.15) is 0 Å². The molecule has 0 aliphatic carbocycles. The summed E-state index contributed by atoms with van der Waals surface area (Å²) < 4.78 is 39.6. The molecule has 10 heteroatoms. The summed E-state index contributed by atoms with van der Waals surface area (Å²) in [6, 6.07) is 7.19. The van der Waals surface area contributed by atoms with Crippen molar-refractivity contribution in [3.05, 3.63) is 48.0 Å². The van der Waals surface area contributed by atoms with E-state index in [4.69, 9.17) is 0 Å². The molecule has 1 fully saturated rings. The Kier molecular flexibility index (Phi) is 5.42. The molecule has 0 unspecified atom stereocenters. The van der Waals surface area contributed by atoms with Crippen LogP contribution in [0.2, 0.25) is 0 Å². The van der Waals surface area contributed by atoms with Gasteiger partial charge in [0.2, 0.25) is 0 Å². The van der Waals surface area contributed by atoms with Gasteiger partial charge in [0, 0.05) is 35.8 Å². The van der Waals surface area contributed by atoms with Crippen molar-refractivity contribution in [2.45, 2.75) is 32.0 Å². The first-order valence-corrected chi connectivity index (χ1v) is 9.67. The highest BCUT2D eigenvalue weighted by molar-refractivity contribution is 5.94. The lowest BCUT2D eigenvalue weighted by Gasteiger charge is -2.33. The number of alkyl halides is 3. The molecule has 1 aliphatic heterocycles. The molecule has 0 saturated carbocycles. The fraction of sp³-hybridized carbons (Fsp3) is 0.400. The van der Waals surface area contributed by atoms with Gasteiger partial charge in [-0.1, -0.05) is 17.3 Å². The van der Waals surface area contributed by atoms with Crippen molar-refractivity contribution >= 4 is 16.7 Å². The minimum atomic E-state index is -4.25. The number of carbonyl (C=O) groups is 1. The topological polar surface area (TPSA) is 75.9 Å². The van der Waals surface area contributed by atoms with Gasteiger partial charge in [0.05, 0.1) is 17.9 Å². The van der Waals surface area contributed by atoms with E-state index in [1.54, 1.807) is 24.0 Å². The van der Waals surface area contributed by atoms with Crippen LogP contribution < -0.4 is 5.32 Å². The summed E-state index contributed by atoms with van der Waals surface area (Å²) in [5.41, 5.74) is 1.49. The third-order valence-corrected chi connectivity index (χ3v) is 5.24. The van der Waals surface area contributed by atoms with E-state index in [0.29, 0.717) is 25.1 Å². The number of likely N-dealkylation sites (tertiary alicyclic amines) is 1. The Labute approximate surface area is 170 Å². The maximum absolute atomic E-state index is 12.8. The van der Waals surface area contributed by atoms with Crippen molar-refractivity contribution in [3.63, 3.8) is 0 Å². The largest absolute Gasteiger partial charge is 0.401 e. The van der Waals surface area contributed by atoms with Gasteiger partial charge in [-0.15, -0.1) is 5.10 Å². The normalized spacial score (nSPS) is 17.9. The van der Waals surface area contributed by atoms with E-state index in [9.17, 15) is 18.0 Å². The quantitative estimate of drug-likeness (QED) is 0.705. The summed E-state index contributed by atoms with van der Waals surface area (Å²) in [5.74, 6) is -0.431. The molecule has 1 aromatic carbocycles. The number of pyridine rings is 1. The SMILES string of the molecule is Cc1c(C(=O)N[C@@H]2CCCN(CC(F)(F)F)C2)nnn1-c1cccc2cnccc12. The van der Waals surface area contributed by atoms with Crippen LogP contribution in [-0.2, 0) is 0 Å². The van der Waals surface area contributed by atoms with Gasteiger partial charge in [0.15, 0.2) is 5.69 Å². The summed E-state index contributed by atoms with van der Waals surface area (Å²) in [5, 5.41) is 12.8. The van der Waals surface area contributed by atoms with Crippen LogP contribution in [0.1, 0.15) is 29.0 Å². The average Bonchev–Trinajstić information content (AvgIpc) is 3.08. The minimum absolute atomic E-state index is 0.161. The first-order chi connectivity index (χ1) is 14.3. The number of benzene rings is 1. The van der Waals surface area contributed by atoms with Crippen molar-refractivity contribution in [3.8, 4) is 5.69 Å². The van der Waals surface area contributed by atoms with Crippen LogP contribution in [0.5, 0.6) is 0 Å². The fourth-order valence-corrected chi connectivity index (χ4v) is 3.88. The highest BCUT2D eigenvalue weighted by atomic mass is 19.4. The summed E-state index contributed by atoms with van der Waals surface area (Å²) in [4.78, 5) is 18.2.